The summed E-state index contributed by atoms with van der Waals surface area (Å²) in [6.07, 6.45) is -1.04. The molecule has 0 N–H and O–H groups in total. The van der Waals surface area contributed by atoms with E-state index in [-0.39, 0.29) is 5.91 Å². The largest absolute Gasteiger partial charge is 0.416 e. The minimum atomic E-state index is -4.30. The normalized spacial score (nSPS) is 16.2. The standard InChI is InChI=1S/C21H25F3N2OS/c22-21(23,24)18-9-7-17(8-10-18)16-25-11-3-12-26(14-13-25)20(27)6-1-4-19-5-2-15-28-19/h2,5,7-10,15H,1,3-4,6,11-14,16H2. The van der Waals surface area contributed by atoms with E-state index < -0.39 is 11.7 Å². The van der Waals surface area contributed by atoms with E-state index >= 15 is 0 Å². The molecule has 1 aromatic carbocycles. The van der Waals surface area contributed by atoms with Crippen LogP contribution in [0, 0.1) is 0 Å². The number of alkyl halides is 3. The first-order valence-electron chi connectivity index (χ1n) is 9.60. The quantitative estimate of drug-likeness (QED) is 0.681. The highest BCUT2D eigenvalue weighted by molar-refractivity contribution is 7.09. The molecule has 0 atom stereocenters. The van der Waals surface area contributed by atoms with E-state index in [1.165, 1.54) is 4.88 Å². The summed E-state index contributed by atoms with van der Waals surface area (Å²) in [6, 6.07) is 9.48. The molecule has 2 heterocycles. The highest BCUT2D eigenvalue weighted by Crippen LogP contribution is 2.29. The van der Waals surface area contributed by atoms with Gasteiger partial charge in [-0.15, -0.1) is 11.3 Å². The molecule has 1 aliphatic rings. The van der Waals surface area contributed by atoms with Crippen LogP contribution in [0.5, 0.6) is 0 Å². The van der Waals surface area contributed by atoms with Crippen LogP contribution in [0.25, 0.3) is 0 Å². The average Bonchev–Trinajstić information content (AvgIpc) is 3.06. The van der Waals surface area contributed by atoms with Gasteiger partial charge in [0.2, 0.25) is 5.91 Å². The summed E-state index contributed by atoms with van der Waals surface area (Å²) < 4.78 is 38.0. The molecular formula is C21H25F3N2OS. The number of amides is 1. The number of carbonyl (C=O) groups excluding carboxylic acids is 1. The summed E-state index contributed by atoms with van der Waals surface area (Å²) in [5, 5.41) is 2.05. The monoisotopic (exact) mass is 410 g/mol. The van der Waals surface area contributed by atoms with Gasteiger partial charge >= 0.3 is 6.18 Å². The molecule has 1 aliphatic heterocycles. The van der Waals surface area contributed by atoms with Crippen LogP contribution < -0.4 is 0 Å². The molecule has 0 aliphatic carbocycles. The first-order chi connectivity index (χ1) is 13.4. The summed E-state index contributed by atoms with van der Waals surface area (Å²) >= 11 is 1.72. The molecule has 7 heteroatoms. The van der Waals surface area contributed by atoms with Crippen molar-refractivity contribution in [2.45, 2.75) is 38.4 Å². The van der Waals surface area contributed by atoms with E-state index in [4.69, 9.17) is 0 Å². The molecule has 0 bridgehead atoms. The first kappa shape index (κ1) is 20.9. The van der Waals surface area contributed by atoms with Crippen molar-refractivity contribution in [3.8, 4) is 0 Å². The molecule has 1 fully saturated rings. The van der Waals surface area contributed by atoms with Gasteiger partial charge in [0.15, 0.2) is 0 Å². The van der Waals surface area contributed by atoms with Gasteiger partial charge in [-0.1, -0.05) is 18.2 Å². The summed E-state index contributed by atoms with van der Waals surface area (Å²) in [5.74, 6) is 0.202. The minimum absolute atomic E-state index is 0.202. The summed E-state index contributed by atoms with van der Waals surface area (Å²) in [6.45, 7) is 3.63. The van der Waals surface area contributed by atoms with Crippen LogP contribution in [-0.2, 0) is 23.9 Å². The smallest absolute Gasteiger partial charge is 0.341 e. The number of aryl methyl sites for hydroxylation is 1. The molecule has 28 heavy (non-hydrogen) atoms. The molecule has 0 saturated carbocycles. The van der Waals surface area contributed by atoms with Crippen LogP contribution in [0.15, 0.2) is 41.8 Å². The maximum Gasteiger partial charge on any atom is 0.416 e. The Morgan fingerprint density at radius 1 is 1.04 bits per heavy atom. The maximum absolute atomic E-state index is 12.7. The van der Waals surface area contributed by atoms with Crippen LogP contribution >= 0.6 is 11.3 Å². The summed E-state index contributed by atoms with van der Waals surface area (Å²) in [5.41, 5.74) is 0.246. The topological polar surface area (TPSA) is 23.6 Å². The Bertz CT molecular complexity index is 744. The first-order valence-corrected chi connectivity index (χ1v) is 10.5. The highest BCUT2D eigenvalue weighted by Gasteiger charge is 2.30. The van der Waals surface area contributed by atoms with E-state index in [9.17, 15) is 18.0 Å². The van der Waals surface area contributed by atoms with Crippen molar-refractivity contribution in [2.75, 3.05) is 26.2 Å². The Hall–Kier alpha value is -1.86. The van der Waals surface area contributed by atoms with E-state index in [0.29, 0.717) is 19.5 Å². The van der Waals surface area contributed by atoms with Gasteiger partial charge in [-0.05, 0) is 48.4 Å². The van der Waals surface area contributed by atoms with Gasteiger partial charge in [0.1, 0.15) is 0 Å². The Morgan fingerprint density at radius 3 is 2.50 bits per heavy atom. The van der Waals surface area contributed by atoms with Crippen LogP contribution in [0.4, 0.5) is 13.2 Å². The number of nitrogens with zero attached hydrogens (tertiary/aromatic N) is 2. The lowest BCUT2D eigenvalue weighted by Gasteiger charge is -2.22. The average molecular weight is 411 g/mol. The van der Waals surface area contributed by atoms with Crippen molar-refractivity contribution in [1.82, 2.24) is 9.80 Å². The van der Waals surface area contributed by atoms with Crippen molar-refractivity contribution in [3.05, 3.63) is 57.8 Å². The lowest BCUT2D eigenvalue weighted by Crippen LogP contribution is -2.35. The van der Waals surface area contributed by atoms with Crippen LogP contribution in [0.3, 0.4) is 0 Å². The third-order valence-corrected chi connectivity index (χ3v) is 5.96. The Balaban J connectivity index is 1.44. The van der Waals surface area contributed by atoms with Gasteiger partial charge in [0.05, 0.1) is 5.56 Å². The lowest BCUT2D eigenvalue weighted by molar-refractivity contribution is -0.137. The van der Waals surface area contributed by atoms with Gasteiger partial charge in [-0.25, -0.2) is 0 Å². The van der Waals surface area contributed by atoms with E-state index in [2.05, 4.69) is 16.3 Å². The van der Waals surface area contributed by atoms with Crippen molar-refractivity contribution in [1.29, 1.82) is 0 Å². The fourth-order valence-corrected chi connectivity index (χ4v) is 4.21. The molecule has 0 spiro atoms. The fraction of sp³-hybridized carbons (Fsp3) is 0.476. The molecule has 3 rings (SSSR count). The zero-order chi connectivity index (χ0) is 20.0. The van der Waals surface area contributed by atoms with Crippen LogP contribution in [-0.4, -0.2) is 41.9 Å². The molecule has 1 saturated heterocycles. The van der Waals surface area contributed by atoms with Gasteiger partial charge in [-0.3, -0.25) is 9.69 Å². The fourth-order valence-electron chi connectivity index (χ4n) is 3.46. The number of thiophene rings is 1. The predicted octanol–water partition coefficient (Wildman–Crippen LogP) is 4.82. The third-order valence-electron chi connectivity index (χ3n) is 5.02. The number of halogens is 3. The number of hydrogen-bond acceptors (Lipinski definition) is 3. The zero-order valence-corrected chi connectivity index (χ0v) is 16.6. The van der Waals surface area contributed by atoms with Crippen molar-refractivity contribution < 1.29 is 18.0 Å². The lowest BCUT2D eigenvalue weighted by atomic mass is 10.1. The molecular weight excluding hydrogens is 385 g/mol. The molecule has 1 aromatic heterocycles. The molecule has 2 aromatic rings. The van der Waals surface area contributed by atoms with E-state index in [0.717, 1.165) is 56.6 Å². The second-order valence-corrected chi connectivity index (χ2v) is 8.17. The van der Waals surface area contributed by atoms with Crippen LogP contribution in [0.2, 0.25) is 0 Å². The highest BCUT2D eigenvalue weighted by atomic mass is 32.1. The van der Waals surface area contributed by atoms with Crippen LogP contribution in [0.1, 0.15) is 35.3 Å². The van der Waals surface area contributed by atoms with Gasteiger partial charge in [0, 0.05) is 44.0 Å². The van der Waals surface area contributed by atoms with E-state index in [1.54, 1.807) is 23.5 Å². The van der Waals surface area contributed by atoms with Gasteiger partial charge < -0.3 is 4.90 Å². The van der Waals surface area contributed by atoms with E-state index in [1.807, 2.05) is 11.0 Å². The molecule has 0 unspecified atom stereocenters. The second-order valence-electron chi connectivity index (χ2n) is 7.14. The Labute approximate surface area is 167 Å². The molecule has 1 amide bonds. The number of benzene rings is 1. The van der Waals surface area contributed by atoms with Crippen molar-refractivity contribution >= 4 is 17.2 Å². The van der Waals surface area contributed by atoms with Gasteiger partial charge in [0.25, 0.3) is 0 Å². The predicted molar refractivity (Wildman–Crippen MR) is 105 cm³/mol. The maximum atomic E-state index is 12.7. The van der Waals surface area contributed by atoms with Crippen molar-refractivity contribution in [2.24, 2.45) is 0 Å². The molecule has 0 radical (unpaired) electrons. The summed E-state index contributed by atoms with van der Waals surface area (Å²) in [7, 11) is 0. The Morgan fingerprint density at radius 2 is 1.82 bits per heavy atom. The third kappa shape index (κ3) is 6.07. The van der Waals surface area contributed by atoms with Gasteiger partial charge in [-0.2, -0.15) is 13.2 Å². The number of hydrogen-bond donors (Lipinski definition) is 0. The zero-order valence-electron chi connectivity index (χ0n) is 15.8. The molecule has 152 valence electrons. The SMILES string of the molecule is O=C(CCCc1cccs1)N1CCCN(Cc2ccc(C(F)(F)F)cc2)CC1. The number of rotatable bonds is 6. The Kier molecular flexibility index (Phi) is 7.13. The summed E-state index contributed by atoms with van der Waals surface area (Å²) in [4.78, 5) is 17.9. The molecule has 3 nitrogen and oxygen atoms in total. The number of carbonyl (C=O) groups is 1. The minimum Gasteiger partial charge on any atom is -0.341 e. The van der Waals surface area contributed by atoms with Crippen molar-refractivity contribution in [3.63, 3.8) is 0 Å². The second kappa shape index (κ2) is 9.56.